The number of rotatable bonds is 4. The molecule has 0 bridgehead atoms. The largest absolute Gasteiger partial charge is 0.454 e. The molecular weight excluding hydrogens is 682 g/mol. The van der Waals surface area contributed by atoms with Crippen molar-refractivity contribution in [2.75, 3.05) is 0 Å². The van der Waals surface area contributed by atoms with Gasteiger partial charge in [0.15, 0.2) is 10.8 Å². The highest BCUT2D eigenvalue weighted by atomic mass is 19.4. The number of nitrogens with zero attached hydrogens (tertiary/aromatic N) is 4. The second-order valence-corrected chi connectivity index (χ2v) is 12.2. The third-order valence-corrected chi connectivity index (χ3v) is 9.54. The van der Waals surface area contributed by atoms with Crippen molar-refractivity contribution in [3.63, 3.8) is 0 Å². The van der Waals surface area contributed by atoms with Crippen LogP contribution in [-0.2, 0) is 10.8 Å². The van der Waals surface area contributed by atoms with E-state index in [2.05, 4.69) is 24.3 Å². The van der Waals surface area contributed by atoms with E-state index in [0.717, 1.165) is 24.3 Å². The Hall–Kier alpha value is -7.02. The van der Waals surface area contributed by atoms with Crippen molar-refractivity contribution in [3.05, 3.63) is 130 Å². The van der Waals surface area contributed by atoms with Gasteiger partial charge in [-0.25, -0.2) is 0 Å². The Labute approximate surface area is 290 Å². The number of Topliss-reactive ketones (excluding diaryl/α,β-unsaturated/α-hetero) is 2. The van der Waals surface area contributed by atoms with E-state index in [0.29, 0.717) is 55.6 Å². The monoisotopic (exact) mass is 698 g/mol. The quantitative estimate of drug-likeness (QED) is 0.136. The van der Waals surface area contributed by atoms with Crippen molar-refractivity contribution in [2.24, 2.45) is 0 Å². The number of fused-ring (bicyclic) bond motifs is 6. The summed E-state index contributed by atoms with van der Waals surface area (Å²) >= 11 is 0. The van der Waals surface area contributed by atoms with Crippen molar-refractivity contribution >= 4 is 11.6 Å². The first-order valence-corrected chi connectivity index (χ1v) is 15.2. The average Bonchev–Trinajstić information content (AvgIpc) is 3.58. The number of hydrogen-bond donors (Lipinski definition) is 0. The Bertz CT molecular complexity index is 2370. The summed E-state index contributed by atoms with van der Waals surface area (Å²) in [5.74, 6) is -3.99. The van der Waals surface area contributed by atoms with E-state index in [1.165, 1.54) is 24.3 Å². The van der Waals surface area contributed by atoms with E-state index in [1.807, 2.05) is 0 Å². The maximum atomic E-state index is 12.9. The van der Waals surface area contributed by atoms with Gasteiger partial charge in [-0.15, -0.1) is 0 Å². The second kappa shape index (κ2) is 11.3. The lowest BCUT2D eigenvalue weighted by molar-refractivity contribution is -0.0888. The first-order chi connectivity index (χ1) is 24.6. The summed E-state index contributed by atoms with van der Waals surface area (Å²) < 4.78 is 77.6. The van der Waals surface area contributed by atoms with E-state index in [4.69, 9.17) is 0 Å². The molecule has 0 spiro atoms. The molecule has 0 saturated heterocycles. The molecule has 12 heteroatoms. The SMILES string of the molecule is N#CC1(C#N)c2cc(-c3ccc(C(=O)C(F)(F)F)cc3)ccc2-c2cc3c(cc21)-c1ccc(-c2ccc(C(=O)C(F)(F)F)cc2)cc1C3(C#N)C#N. The van der Waals surface area contributed by atoms with Gasteiger partial charge in [0.1, 0.15) is 0 Å². The first-order valence-electron chi connectivity index (χ1n) is 15.2. The van der Waals surface area contributed by atoms with E-state index in [-0.39, 0.29) is 11.1 Å². The molecule has 0 fully saturated rings. The molecule has 0 aliphatic heterocycles. The van der Waals surface area contributed by atoms with Gasteiger partial charge in [0.2, 0.25) is 0 Å². The molecule has 6 nitrogen and oxygen atoms in total. The van der Waals surface area contributed by atoms with E-state index in [9.17, 15) is 57.0 Å². The molecule has 250 valence electrons. The Morgan fingerprint density at radius 2 is 0.712 bits per heavy atom. The fourth-order valence-electron chi connectivity index (χ4n) is 6.98. The summed E-state index contributed by atoms with van der Waals surface area (Å²) in [7, 11) is 0. The van der Waals surface area contributed by atoms with Crippen LogP contribution < -0.4 is 0 Å². The minimum atomic E-state index is -5.05. The van der Waals surface area contributed by atoms with Gasteiger partial charge in [-0.2, -0.15) is 47.4 Å². The molecule has 5 aromatic carbocycles. The fourth-order valence-corrected chi connectivity index (χ4v) is 6.98. The fraction of sp³-hybridized carbons (Fsp3) is 0.100. The second-order valence-electron chi connectivity index (χ2n) is 12.2. The third kappa shape index (κ3) is 4.70. The molecule has 0 amide bonds. The van der Waals surface area contributed by atoms with Crippen molar-refractivity contribution in [2.45, 2.75) is 23.2 Å². The predicted octanol–water partition coefficient (Wildman–Crippen LogP) is 9.14. The zero-order chi connectivity index (χ0) is 37.4. The molecular formula is C40H16F6N4O2. The van der Waals surface area contributed by atoms with Crippen molar-refractivity contribution in [3.8, 4) is 68.8 Å². The van der Waals surface area contributed by atoms with Crippen LogP contribution in [0.5, 0.6) is 0 Å². The minimum absolute atomic E-state index is 0.284. The highest BCUT2D eigenvalue weighted by Crippen LogP contribution is 2.56. The molecule has 0 saturated carbocycles. The molecule has 0 unspecified atom stereocenters. The van der Waals surface area contributed by atoms with Gasteiger partial charge >= 0.3 is 12.4 Å². The van der Waals surface area contributed by atoms with E-state index in [1.54, 1.807) is 48.5 Å². The zero-order valence-electron chi connectivity index (χ0n) is 26.1. The van der Waals surface area contributed by atoms with Crippen LogP contribution in [0.25, 0.3) is 44.5 Å². The summed E-state index contributed by atoms with van der Waals surface area (Å²) in [5, 5.41) is 42.2. The molecule has 2 aliphatic carbocycles. The predicted molar refractivity (Wildman–Crippen MR) is 173 cm³/mol. The Kier molecular flexibility index (Phi) is 7.24. The number of ketones is 2. The Balaban J connectivity index is 1.33. The van der Waals surface area contributed by atoms with Gasteiger partial charge in [-0.3, -0.25) is 9.59 Å². The summed E-state index contributed by atoms with van der Waals surface area (Å²) in [5.41, 5.74) is -0.156. The van der Waals surface area contributed by atoms with Gasteiger partial charge in [0, 0.05) is 11.1 Å². The summed E-state index contributed by atoms with van der Waals surface area (Å²) in [6.07, 6.45) is -10.1. The van der Waals surface area contributed by atoms with Crippen molar-refractivity contribution in [1.29, 1.82) is 21.0 Å². The van der Waals surface area contributed by atoms with Crippen LogP contribution in [-0.4, -0.2) is 23.9 Å². The molecule has 0 N–H and O–H groups in total. The van der Waals surface area contributed by atoms with Crippen LogP contribution in [0.3, 0.4) is 0 Å². The molecule has 2 aliphatic rings. The van der Waals surface area contributed by atoms with Crippen LogP contribution in [0.4, 0.5) is 26.3 Å². The maximum Gasteiger partial charge on any atom is 0.454 e. The van der Waals surface area contributed by atoms with Crippen molar-refractivity contribution < 1.29 is 35.9 Å². The lowest BCUT2D eigenvalue weighted by Gasteiger charge is -2.18. The van der Waals surface area contributed by atoms with Crippen molar-refractivity contribution in [1.82, 2.24) is 0 Å². The van der Waals surface area contributed by atoms with E-state index < -0.39 is 45.9 Å². The molecule has 7 rings (SSSR count). The molecule has 0 aromatic heterocycles. The molecule has 52 heavy (non-hydrogen) atoms. The summed E-state index contributed by atoms with van der Waals surface area (Å²) in [4.78, 5) is 23.3. The number of alkyl halides is 6. The molecule has 0 heterocycles. The smallest absolute Gasteiger partial charge is 0.284 e. The third-order valence-electron chi connectivity index (χ3n) is 9.54. The van der Waals surface area contributed by atoms with Crippen LogP contribution in [0.1, 0.15) is 43.0 Å². The zero-order valence-corrected chi connectivity index (χ0v) is 26.1. The first kappa shape index (κ1) is 33.5. The van der Waals surface area contributed by atoms with Gasteiger partial charge in [-0.05, 0) is 91.0 Å². The molecule has 0 atom stereocenters. The number of benzene rings is 5. The maximum absolute atomic E-state index is 12.9. The number of nitriles is 4. The normalized spacial score (nSPS) is 14.3. The van der Waals surface area contributed by atoms with Gasteiger partial charge in [-0.1, -0.05) is 72.8 Å². The van der Waals surface area contributed by atoms with Crippen LogP contribution in [0.15, 0.2) is 97.1 Å². The van der Waals surface area contributed by atoms with Gasteiger partial charge in [0.05, 0.1) is 24.3 Å². The Morgan fingerprint density at radius 3 is 1.00 bits per heavy atom. The number of carbonyl (C=O) groups is 2. The Morgan fingerprint density at radius 1 is 0.423 bits per heavy atom. The number of halogens is 6. The minimum Gasteiger partial charge on any atom is -0.284 e. The lowest BCUT2D eigenvalue weighted by Crippen LogP contribution is -2.22. The summed E-state index contributed by atoms with van der Waals surface area (Å²) in [6.45, 7) is 0. The van der Waals surface area contributed by atoms with Gasteiger partial charge in [0.25, 0.3) is 11.6 Å². The van der Waals surface area contributed by atoms with Crippen LogP contribution in [0, 0.1) is 45.3 Å². The van der Waals surface area contributed by atoms with Crippen LogP contribution in [0.2, 0.25) is 0 Å². The van der Waals surface area contributed by atoms with E-state index >= 15 is 0 Å². The van der Waals surface area contributed by atoms with Crippen LogP contribution >= 0.6 is 0 Å². The average molecular weight is 699 g/mol. The number of carbonyl (C=O) groups excluding carboxylic acids is 2. The summed E-state index contributed by atoms with van der Waals surface area (Å²) in [6, 6.07) is 30.8. The highest BCUT2D eigenvalue weighted by molar-refractivity contribution is 6.01. The lowest BCUT2D eigenvalue weighted by atomic mass is 9.77. The van der Waals surface area contributed by atoms with Gasteiger partial charge < -0.3 is 0 Å². The standard InChI is InChI=1S/C40H16F6N4O2/c41-39(42,43)35(51)23-5-1-21(2-6-23)25-9-11-27-29-15-34-30(16-33(29)37(17-47,18-48)31(27)13-25)28-12-10-26(14-32(28)38(34,19-49)20-50)22-3-7-24(8-4-22)36(52)40(44,45)46/h1-16H. The molecule has 5 aromatic rings. The topological polar surface area (TPSA) is 129 Å². The highest BCUT2D eigenvalue weighted by Gasteiger charge is 2.50. The number of hydrogen-bond acceptors (Lipinski definition) is 6. The molecule has 0 radical (unpaired) electrons.